The third kappa shape index (κ3) is 3.85. The maximum atomic E-state index is 12.3. The van der Waals surface area contributed by atoms with Gasteiger partial charge in [-0.3, -0.25) is 4.98 Å². The molecule has 2 heterocycles. The van der Waals surface area contributed by atoms with E-state index in [1.807, 2.05) is 42.6 Å². The zero-order valence-corrected chi connectivity index (χ0v) is 14.2. The van der Waals surface area contributed by atoms with Crippen molar-refractivity contribution in [1.82, 2.24) is 9.71 Å². The Hall–Kier alpha value is -2.02. The molecule has 0 unspecified atom stereocenters. The van der Waals surface area contributed by atoms with E-state index in [0.717, 1.165) is 21.7 Å². The number of aryl methyl sites for hydroxylation is 1. The molecular weight excluding hydrogens is 328 g/mol. The second-order valence-electron chi connectivity index (χ2n) is 5.17. The van der Waals surface area contributed by atoms with Gasteiger partial charge in [-0.25, -0.2) is 13.1 Å². The predicted molar refractivity (Wildman–Crippen MR) is 92.8 cm³/mol. The summed E-state index contributed by atoms with van der Waals surface area (Å²) in [6.07, 6.45) is 1.70. The lowest BCUT2D eigenvalue weighted by Gasteiger charge is -2.08. The first-order valence-corrected chi connectivity index (χ1v) is 9.46. The Kier molecular flexibility index (Phi) is 4.56. The van der Waals surface area contributed by atoms with E-state index >= 15 is 0 Å². The highest BCUT2D eigenvalue weighted by Crippen LogP contribution is 2.23. The number of aromatic nitrogens is 1. The molecule has 1 aromatic carbocycles. The summed E-state index contributed by atoms with van der Waals surface area (Å²) in [6, 6.07) is 14.5. The van der Waals surface area contributed by atoms with Crippen molar-refractivity contribution in [2.45, 2.75) is 18.4 Å². The van der Waals surface area contributed by atoms with Gasteiger partial charge in [-0.1, -0.05) is 18.2 Å². The second-order valence-corrected chi connectivity index (χ2v) is 7.88. The molecule has 1 N–H and O–H groups in total. The van der Waals surface area contributed by atoms with Gasteiger partial charge in [0.1, 0.15) is 0 Å². The van der Waals surface area contributed by atoms with E-state index in [1.54, 1.807) is 35.7 Å². The monoisotopic (exact) mass is 344 g/mol. The van der Waals surface area contributed by atoms with Gasteiger partial charge in [0, 0.05) is 12.7 Å². The molecule has 3 aromatic rings. The Morgan fingerprint density at radius 1 is 1.13 bits per heavy atom. The van der Waals surface area contributed by atoms with Crippen molar-refractivity contribution < 1.29 is 8.42 Å². The SMILES string of the molecule is Cc1cccc(S(=O)(=O)NCc2ccnc(-c3cccs3)c2)c1. The van der Waals surface area contributed by atoms with E-state index in [9.17, 15) is 8.42 Å². The van der Waals surface area contributed by atoms with Crippen LogP contribution >= 0.6 is 11.3 Å². The van der Waals surface area contributed by atoms with Crippen molar-refractivity contribution in [3.63, 3.8) is 0 Å². The van der Waals surface area contributed by atoms with Crippen LogP contribution in [0.15, 0.2) is 65.0 Å². The standard InChI is InChI=1S/C17H16N2O2S2/c1-13-4-2-5-15(10-13)23(20,21)19-12-14-7-8-18-16(11-14)17-6-3-9-22-17/h2-11,19H,12H2,1H3. The highest BCUT2D eigenvalue weighted by molar-refractivity contribution is 7.89. The van der Waals surface area contributed by atoms with Crippen molar-refractivity contribution in [2.75, 3.05) is 0 Å². The third-order valence-corrected chi connectivity index (χ3v) is 5.66. The van der Waals surface area contributed by atoms with Gasteiger partial charge in [0.25, 0.3) is 0 Å². The molecule has 118 valence electrons. The van der Waals surface area contributed by atoms with Crippen LogP contribution in [-0.4, -0.2) is 13.4 Å². The number of nitrogens with one attached hydrogen (secondary N) is 1. The van der Waals surface area contributed by atoms with Crippen molar-refractivity contribution in [3.05, 3.63) is 71.2 Å². The van der Waals surface area contributed by atoms with Crippen LogP contribution in [0.25, 0.3) is 10.6 Å². The minimum atomic E-state index is -3.52. The van der Waals surface area contributed by atoms with E-state index in [1.165, 1.54) is 0 Å². The molecular formula is C17H16N2O2S2. The summed E-state index contributed by atoms with van der Waals surface area (Å²) >= 11 is 1.61. The average Bonchev–Trinajstić information content (AvgIpc) is 3.08. The van der Waals surface area contributed by atoms with E-state index in [0.29, 0.717) is 0 Å². The number of benzene rings is 1. The molecule has 0 aliphatic rings. The van der Waals surface area contributed by atoms with Crippen LogP contribution in [0.3, 0.4) is 0 Å². The molecule has 4 nitrogen and oxygen atoms in total. The normalized spacial score (nSPS) is 11.5. The first kappa shape index (κ1) is 15.9. The minimum absolute atomic E-state index is 0.233. The largest absolute Gasteiger partial charge is 0.255 e. The number of hydrogen-bond acceptors (Lipinski definition) is 4. The first-order valence-electron chi connectivity index (χ1n) is 7.10. The molecule has 0 aliphatic heterocycles. The third-order valence-electron chi connectivity index (χ3n) is 3.36. The topological polar surface area (TPSA) is 59.1 Å². The fraction of sp³-hybridized carbons (Fsp3) is 0.118. The van der Waals surface area contributed by atoms with Crippen molar-refractivity contribution in [3.8, 4) is 10.6 Å². The lowest BCUT2D eigenvalue weighted by Crippen LogP contribution is -2.23. The van der Waals surface area contributed by atoms with E-state index in [4.69, 9.17) is 0 Å². The van der Waals surface area contributed by atoms with Gasteiger partial charge in [-0.05, 0) is 53.8 Å². The highest BCUT2D eigenvalue weighted by Gasteiger charge is 2.13. The zero-order valence-electron chi connectivity index (χ0n) is 12.6. The van der Waals surface area contributed by atoms with Gasteiger partial charge in [0.2, 0.25) is 10.0 Å². The lowest BCUT2D eigenvalue weighted by atomic mass is 10.2. The second kappa shape index (κ2) is 6.62. The maximum Gasteiger partial charge on any atom is 0.240 e. The quantitative estimate of drug-likeness (QED) is 0.769. The summed E-state index contributed by atoms with van der Waals surface area (Å²) in [5.74, 6) is 0. The van der Waals surface area contributed by atoms with Gasteiger partial charge >= 0.3 is 0 Å². The zero-order chi connectivity index (χ0) is 16.3. The van der Waals surface area contributed by atoms with Crippen molar-refractivity contribution >= 4 is 21.4 Å². The van der Waals surface area contributed by atoms with Crippen LogP contribution in [0.2, 0.25) is 0 Å². The van der Waals surface area contributed by atoms with Crippen LogP contribution in [0, 0.1) is 6.92 Å². The summed E-state index contributed by atoms with van der Waals surface area (Å²) < 4.78 is 27.3. The molecule has 6 heteroatoms. The Balaban J connectivity index is 1.77. The lowest BCUT2D eigenvalue weighted by molar-refractivity contribution is 0.581. The minimum Gasteiger partial charge on any atom is -0.255 e. The molecule has 0 fully saturated rings. The van der Waals surface area contributed by atoms with Gasteiger partial charge < -0.3 is 0 Å². The van der Waals surface area contributed by atoms with Gasteiger partial charge in [0.05, 0.1) is 15.5 Å². The molecule has 0 bridgehead atoms. The fourth-order valence-electron chi connectivity index (χ4n) is 2.19. The number of nitrogens with zero attached hydrogens (tertiary/aromatic N) is 1. The molecule has 0 saturated carbocycles. The summed E-state index contributed by atoms with van der Waals surface area (Å²) in [5.41, 5.74) is 2.64. The summed E-state index contributed by atoms with van der Waals surface area (Å²) in [6.45, 7) is 2.10. The first-order chi connectivity index (χ1) is 11.0. The van der Waals surface area contributed by atoms with Crippen LogP contribution in [0.5, 0.6) is 0 Å². The smallest absolute Gasteiger partial charge is 0.240 e. The molecule has 0 saturated heterocycles. The molecule has 0 aliphatic carbocycles. The number of sulfonamides is 1. The number of hydrogen-bond donors (Lipinski definition) is 1. The summed E-state index contributed by atoms with van der Waals surface area (Å²) in [5, 5.41) is 1.99. The average molecular weight is 344 g/mol. The maximum absolute atomic E-state index is 12.3. The summed E-state index contributed by atoms with van der Waals surface area (Å²) in [7, 11) is -3.52. The molecule has 0 radical (unpaired) electrons. The summed E-state index contributed by atoms with van der Waals surface area (Å²) in [4.78, 5) is 5.68. The fourth-order valence-corrected chi connectivity index (χ4v) is 4.00. The molecule has 0 amide bonds. The van der Waals surface area contributed by atoms with Gasteiger partial charge in [0.15, 0.2) is 0 Å². The number of pyridine rings is 1. The van der Waals surface area contributed by atoms with Crippen LogP contribution in [0.4, 0.5) is 0 Å². The molecule has 3 rings (SSSR count). The Bertz CT molecular complexity index is 904. The van der Waals surface area contributed by atoms with E-state index in [-0.39, 0.29) is 11.4 Å². The number of thiophene rings is 1. The number of rotatable bonds is 5. The van der Waals surface area contributed by atoms with E-state index in [2.05, 4.69) is 9.71 Å². The van der Waals surface area contributed by atoms with Crippen LogP contribution in [0.1, 0.15) is 11.1 Å². The Morgan fingerprint density at radius 2 is 2.00 bits per heavy atom. The highest BCUT2D eigenvalue weighted by atomic mass is 32.2. The van der Waals surface area contributed by atoms with Crippen LogP contribution in [-0.2, 0) is 16.6 Å². The Morgan fingerprint density at radius 3 is 2.74 bits per heavy atom. The van der Waals surface area contributed by atoms with Crippen LogP contribution < -0.4 is 4.72 Å². The molecule has 0 atom stereocenters. The Labute approximate surface area is 139 Å². The van der Waals surface area contributed by atoms with Gasteiger partial charge in [-0.15, -0.1) is 11.3 Å². The molecule has 0 spiro atoms. The predicted octanol–water partition coefficient (Wildman–Crippen LogP) is 3.60. The van der Waals surface area contributed by atoms with Crippen molar-refractivity contribution in [1.29, 1.82) is 0 Å². The molecule has 2 aromatic heterocycles. The van der Waals surface area contributed by atoms with Gasteiger partial charge in [-0.2, -0.15) is 0 Å². The van der Waals surface area contributed by atoms with Crippen molar-refractivity contribution in [2.24, 2.45) is 0 Å². The molecule has 23 heavy (non-hydrogen) atoms. The van der Waals surface area contributed by atoms with E-state index < -0.39 is 10.0 Å².